The third kappa shape index (κ3) is 3.60. The molecular weight excluding hydrogens is 368 g/mol. The molecule has 2 aromatic carbocycles. The number of benzene rings is 2. The molecule has 0 radical (unpaired) electrons. The third-order valence-corrected chi connectivity index (χ3v) is 4.57. The number of ether oxygens (including phenoxy) is 1. The Morgan fingerprint density at radius 2 is 1.76 bits per heavy atom. The highest BCUT2D eigenvalue weighted by atomic mass is 16.5. The number of esters is 1. The van der Waals surface area contributed by atoms with Gasteiger partial charge in [-0.05, 0) is 49.4 Å². The standard InChI is InChI=1S/C23H18N2O4/c1-15-20(22(26)25(24-15)18-6-4-3-5-7-18)14-19-12-13-21(29-19)16-8-10-17(11-9-16)23(27)28-2/h3-14H,1-2H3/b20-14+. The van der Waals surface area contributed by atoms with Crippen molar-refractivity contribution in [1.82, 2.24) is 0 Å². The summed E-state index contributed by atoms with van der Waals surface area (Å²) in [5.41, 5.74) is 3.10. The fourth-order valence-electron chi connectivity index (χ4n) is 3.04. The summed E-state index contributed by atoms with van der Waals surface area (Å²) in [6.45, 7) is 1.79. The second-order valence-corrected chi connectivity index (χ2v) is 6.47. The van der Waals surface area contributed by atoms with Crippen molar-refractivity contribution in [2.75, 3.05) is 12.1 Å². The van der Waals surface area contributed by atoms with Crippen molar-refractivity contribution in [2.45, 2.75) is 6.92 Å². The lowest BCUT2D eigenvalue weighted by molar-refractivity contribution is -0.114. The monoisotopic (exact) mass is 386 g/mol. The molecule has 1 aromatic heterocycles. The highest BCUT2D eigenvalue weighted by molar-refractivity contribution is 6.32. The zero-order chi connectivity index (χ0) is 20.4. The van der Waals surface area contributed by atoms with Crippen molar-refractivity contribution in [3.63, 3.8) is 0 Å². The number of hydrogen-bond acceptors (Lipinski definition) is 5. The van der Waals surface area contributed by atoms with Gasteiger partial charge in [-0.25, -0.2) is 4.79 Å². The lowest BCUT2D eigenvalue weighted by Gasteiger charge is -2.10. The lowest BCUT2D eigenvalue weighted by atomic mass is 10.1. The van der Waals surface area contributed by atoms with Crippen molar-refractivity contribution in [1.29, 1.82) is 0 Å². The molecule has 1 aliphatic heterocycles. The second-order valence-electron chi connectivity index (χ2n) is 6.47. The summed E-state index contributed by atoms with van der Waals surface area (Å²) in [7, 11) is 1.34. The van der Waals surface area contributed by atoms with Crippen LogP contribution < -0.4 is 5.01 Å². The Labute approximate surface area is 167 Å². The average Bonchev–Trinajstić information content (AvgIpc) is 3.34. The Bertz CT molecular complexity index is 1130. The van der Waals surface area contributed by atoms with Gasteiger partial charge in [0.2, 0.25) is 0 Å². The van der Waals surface area contributed by atoms with Crippen molar-refractivity contribution in [3.05, 3.63) is 83.6 Å². The van der Waals surface area contributed by atoms with E-state index in [1.54, 1.807) is 43.3 Å². The predicted octanol–water partition coefficient (Wildman–Crippen LogP) is 4.54. The van der Waals surface area contributed by atoms with E-state index in [-0.39, 0.29) is 11.9 Å². The zero-order valence-corrected chi connectivity index (χ0v) is 16.0. The number of rotatable bonds is 4. The Hall–Kier alpha value is -3.93. The number of anilines is 1. The van der Waals surface area contributed by atoms with Crippen LogP contribution in [0.15, 0.2) is 81.8 Å². The molecule has 0 unspecified atom stereocenters. The van der Waals surface area contributed by atoms with E-state index in [1.165, 1.54) is 12.1 Å². The molecule has 6 heteroatoms. The Morgan fingerprint density at radius 1 is 1.03 bits per heavy atom. The van der Waals surface area contributed by atoms with E-state index in [0.717, 1.165) is 5.56 Å². The highest BCUT2D eigenvalue weighted by Gasteiger charge is 2.28. The van der Waals surface area contributed by atoms with Gasteiger partial charge in [0.15, 0.2) is 0 Å². The van der Waals surface area contributed by atoms with Crippen LogP contribution in [0.2, 0.25) is 0 Å². The minimum atomic E-state index is -0.390. The summed E-state index contributed by atoms with van der Waals surface area (Å²) >= 11 is 0. The van der Waals surface area contributed by atoms with E-state index >= 15 is 0 Å². The van der Waals surface area contributed by atoms with Gasteiger partial charge in [0, 0.05) is 5.56 Å². The van der Waals surface area contributed by atoms with E-state index < -0.39 is 0 Å². The molecule has 4 rings (SSSR count). The molecule has 0 fully saturated rings. The number of furan rings is 1. The molecule has 0 saturated heterocycles. The van der Waals surface area contributed by atoms with E-state index in [2.05, 4.69) is 5.10 Å². The maximum Gasteiger partial charge on any atom is 0.337 e. The minimum Gasteiger partial charge on any atom is -0.465 e. The first-order chi connectivity index (χ1) is 14.1. The van der Waals surface area contributed by atoms with Gasteiger partial charge in [0.25, 0.3) is 5.91 Å². The quantitative estimate of drug-likeness (QED) is 0.487. The minimum absolute atomic E-state index is 0.200. The lowest BCUT2D eigenvalue weighted by Crippen LogP contribution is -2.21. The molecule has 3 aromatic rings. The largest absolute Gasteiger partial charge is 0.465 e. The predicted molar refractivity (Wildman–Crippen MR) is 110 cm³/mol. The van der Waals surface area contributed by atoms with Crippen LogP contribution in [0.5, 0.6) is 0 Å². The van der Waals surface area contributed by atoms with E-state index in [1.807, 2.05) is 36.4 Å². The van der Waals surface area contributed by atoms with Gasteiger partial charge in [0.1, 0.15) is 11.5 Å². The molecule has 0 aliphatic carbocycles. The van der Waals surface area contributed by atoms with Gasteiger partial charge in [-0.15, -0.1) is 0 Å². The average molecular weight is 386 g/mol. The van der Waals surface area contributed by atoms with Crippen LogP contribution in [0, 0.1) is 0 Å². The molecule has 0 atom stereocenters. The fraction of sp³-hybridized carbons (Fsp3) is 0.0870. The number of hydrogen-bond donors (Lipinski definition) is 0. The van der Waals surface area contributed by atoms with Crippen molar-refractivity contribution in [3.8, 4) is 11.3 Å². The van der Waals surface area contributed by atoms with Crippen LogP contribution in [0.4, 0.5) is 5.69 Å². The number of carbonyl (C=O) groups is 2. The Balaban J connectivity index is 1.57. The van der Waals surface area contributed by atoms with Crippen LogP contribution in [-0.4, -0.2) is 24.7 Å². The van der Waals surface area contributed by atoms with Gasteiger partial charge in [-0.3, -0.25) is 4.79 Å². The van der Waals surface area contributed by atoms with Crippen molar-refractivity contribution >= 4 is 29.4 Å². The molecule has 0 bridgehead atoms. The molecule has 29 heavy (non-hydrogen) atoms. The van der Waals surface area contributed by atoms with Crippen LogP contribution in [0.25, 0.3) is 17.4 Å². The summed E-state index contributed by atoms with van der Waals surface area (Å²) < 4.78 is 10.6. The van der Waals surface area contributed by atoms with Gasteiger partial charge in [-0.1, -0.05) is 30.3 Å². The molecule has 1 aliphatic rings. The first-order valence-corrected chi connectivity index (χ1v) is 9.02. The van der Waals surface area contributed by atoms with Crippen LogP contribution in [-0.2, 0) is 9.53 Å². The van der Waals surface area contributed by atoms with E-state index in [9.17, 15) is 9.59 Å². The SMILES string of the molecule is COC(=O)c1ccc(-c2ccc(/C=C3/C(=O)N(c4ccccc4)N=C3C)o2)cc1. The second kappa shape index (κ2) is 7.59. The van der Waals surface area contributed by atoms with Crippen molar-refractivity contribution in [2.24, 2.45) is 5.10 Å². The number of amides is 1. The normalized spacial score (nSPS) is 15.0. The van der Waals surface area contributed by atoms with Gasteiger partial charge in [-0.2, -0.15) is 10.1 Å². The topological polar surface area (TPSA) is 72.1 Å². The molecule has 2 heterocycles. The first kappa shape index (κ1) is 18.4. The molecule has 0 N–H and O–H groups in total. The highest BCUT2D eigenvalue weighted by Crippen LogP contribution is 2.27. The maximum atomic E-state index is 12.8. The Morgan fingerprint density at radius 3 is 2.45 bits per heavy atom. The molecule has 144 valence electrons. The van der Waals surface area contributed by atoms with Crippen molar-refractivity contribution < 1.29 is 18.7 Å². The summed E-state index contributed by atoms with van der Waals surface area (Å²) in [4.78, 5) is 24.3. The number of methoxy groups -OCH3 is 1. The number of carbonyl (C=O) groups excluding carboxylic acids is 2. The van der Waals surface area contributed by atoms with Gasteiger partial charge in [0.05, 0.1) is 29.6 Å². The molecule has 0 spiro atoms. The summed E-state index contributed by atoms with van der Waals surface area (Å²) in [6, 6.07) is 19.8. The molecule has 6 nitrogen and oxygen atoms in total. The zero-order valence-electron chi connectivity index (χ0n) is 16.0. The number of nitrogens with zero attached hydrogens (tertiary/aromatic N) is 2. The maximum absolute atomic E-state index is 12.8. The van der Waals surface area contributed by atoms with Crippen LogP contribution >= 0.6 is 0 Å². The summed E-state index contributed by atoms with van der Waals surface area (Å²) in [6.07, 6.45) is 1.69. The Kier molecular flexibility index (Phi) is 4.83. The summed E-state index contributed by atoms with van der Waals surface area (Å²) in [5, 5.41) is 5.75. The third-order valence-electron chi connectivity index (χ3n) is 4.57. The number of para-hydroxylation sites is 1. The van der Waals surface area contributed by atoms with E-state index in [0.29, 0.717) is 34.1 Å². The van der Waals surface area contributed by atoms with Crippen LogP contribution in [0.1, 0.15) is 23.0 Å². The smallest absolute Gasteiger partial charge is 0.337 e. The summed E-state index contributed by atoms with van der Waals surface area (Å²) in [5.74, 6) is 0.589. The molecule has 0 saturated carbocycles. The van der Waals surface area contributed by atoms with Gasteiger partial charge < -0.3 is 9.15 Å². The first-order valence-electron chi connectivity index (χ1n) is 9.02. The van der Waals surface area contributed by atoms with Gasteiger partial charge >= 0.3 is 5.97 Å². The molecular formula is C23H18N2O4. The molecule has 1 amide bonds. The fourth-order valence-corrected chi connectivity index (χ4v) is 3.04. The van der Waals surface area contributed by atoms with E-state index in [4.69, 9.17) is 9.15 Å². The van der Waals surface area contributed by atoms with Crippen LogP contribution in [0.3, 0.4) is 0 Å². The number of hydrazone groups is 1.